The summed E-state index contributed by atoms with van der Waals surface area (Å²) in [5.41, 5.74) is 1.03. The fourth-order valence-electron chi connectivity index (χ4n) is 2.30. The highest BCUT2D eigenvalue weighted by Crippen LogP contribution is 2.27. The molecule has 0 saturated carbocycles. The zero-order valence-electron chi connectivity index (χ0n) is 9.94. The van der Waals surface area contributed by atoms with Crippen LogP contribution in [0, 0.1) is 5.92 Å². The minimum Gasteiger partial charge on any atom is -0.466 e. The first-order valence-electron chi connectivity index (χ1n) is 6.05. The predicted molar refractivity (Wildman–Crippen MR) is 63.1 cm³/mol. The molecular formula is C13H17NO3. The van der Waals surface area contributed by atoms with Crippen molar-refractivity contribution in [3.05, 3.63) is 23.8 Å². The minimum absolute atomic E-state index is 0.0760. The first-order chi connectivity index (χ1) is 8.22. The molecule has 1 saturated heterocycles. The lowest BCUT2D eigenvalue weighted by Gasteiger charge is -2.20. The first kappa shape index (κ1) is 11.9. The number of allylic oxidation sites excluding steroid dienone is 2. The maximum Gasteiger partial charge on any atom is 0.311 e. The Morgan fingerprint density at radius 3 is 3.00 bits per heavy atom. The summed E-state index contributed by atoms with van der Waals surface area (Å²) in [5.74, 6) is -0.736. The SMILES string of the molecule is CCOC(=O)C1CC(=O)NC1C1=CCCC=C1. The average molecular weight is 235 g/mol. The molecule has 0 bridgehead atoms. The van der Waals surface area contributed by atoms with Crippen molar-refractivity contribution < 1.29 is 14.3 Å². The van der Waals surface area contributed by atoms with E-state index >= 15 is 0 Å². The molecule has 2 aliphatic rings. The van der Waals surface area contributed by atoms with Crippen LogP contribution in [0.3, 0.4) is 0 Å². The van der Waals surface area contributed by atoms with Gasteiger partial charge in [0.25, 0.3) is 0 Å². The van der Waals surface area contributed by atoms with Crippen molar-refractivity contribution in [1.82, 2.24) is 5.32 Å². The van der Waals surface area contributed by atoms with Gasteiger partial charge in [0, 0.05) is 6.42 Å². The Morgan fingerprint density at radius 2 is 2.35 bits per heavy atom. The zero-order chi connectivity index (χ0) is 12.3. The molecule has 2 rings (SSSR count). The van der Waals surface area contributed by atoms with Crippen LogP contribution in [0.2, 0.25) is 0 Å². The van der Waals surface area contributed by atoms with Gasteiger partial charge in [-0.2, -0.15) is 0 Å². The van der Waals surface area contributed by atoms with E-state index in [1.807, 2.05) is 6.08 Å². The fourth-order valence-corrected chi connectivity index (χ4v) is 2.30. The van der Waals surface area contributed by atoms with Gasteiger partial charge in [-0.15, -0.1) is 0 Å². The van der Waals surface area contributed by atoms with Gasteiger partial charge in [0.2, 0.25) is 5.91 Å². The van der Waals surface area contributed by atoms with Crippen molar-refractivity contribution in [3.63, 3.8) is 0 Å². The highest BCUT2D eigenvalue weighted by molar-refractivity contribution is 5.88. The number of esters is 1. The Morgan fingerprint density at radius 1 is 1.53 bits per heavy atom. The van der Waals surface area contributed by atoms with E-state index in [1.165, 1.54) is 0 Å². The summed E-state index contributed by atoms with van der Waals surface area (Å²) < 4.78 is 5.01. The Labute approximate surface area is 101 Å². The number of ether oxygens (including phenoxy) is 1. The summed E-state index contributed by atoms with van der Waals surface area (Å²) in [7, 11) is 0. The number of carbonyl (C=O) groups excluding carboxylic acids is 2. The topological polar surface area (TPSA) is 55.4 Å². The Balaban J connectivity index is 2.13. The van der Waals surface area contributed by atoms with Crippen LogP contribution < -0.4 is 5.32 Å². The van der Waals surface area contributed by atoms with Crippen molar-refractivity contribution in [3.8, 4) is 0 Å². The number of hydrogen-bond acceptors (Lipinski definition) is 3. The van der Waals surface area contributed by atoms with E-state index in [-0.39, 0.29) is 30.3 Å². The molecule has 1 aliphatic carbocycles. The van der Waals surface area contributed by atoms with Gasteiger partial charge >= 0.3 is 5.97 Å². The van der Waals surface area contributed by atoms with Crippen LogP contribution >= 0.6 is 0 Å². The molecule has 1 fully saturated rings. The third-order valence-electron chi connectivity index (χ3n) is 3.10. The predicted octanol–water partition coefficient (Wildman–Crippen LogP) is 1.33. The van der Waals surface area contributed by atoms with Gasteiger partial charge in [0.1, 0.15) is 0 Å². The molecule has 0 radical (unpaired) electrons. The standard InChI is InChI=1S/C13H17NO3/c1-2-17-13(16)10-8-11(15)14-12(10)9-6-4-3-5-7-9/h4,6-7,10,12H,2-3,5,8H2,1H3,(H,14,15). The lowest BCUT2D eigenvalue weighted by atomic mass is 9.91. The molecule has 4 nitrogen and oxygen atoms in total. The third kappa shape index (κ3) is 2.57. The van der Waals surface area contributed by atoms with Crippen LogP contribution in [-0.4, -0.2) is 24.5 Å². The lowest BCUT2D eigenvalue weighted by Crippen LogP contribution is -2.35. The number of nitrogens with one attached hydrogen (secondary N) is 1. The van der Waals surface area contributed by atoms with Gasteiger partial charge in [0.05, 0.1) is 18.6 Å². The molecule has 17 heavy (non-hydrogen) atoms. The molecular weight excluding hydrogens is 218 g/mol. The van der Waals surface area contributed by atoms with E-state index in [0.717, 1.165) is 18.4 Å². The largest absolute Gasteiger partial charge is 0.466 e. The second kappa shape index (κ2) is 5.17. The lowest BCUT2D eigenvalue weighted by molar-refractivity contribution is -0.148. The monoisotopic (exact) mass is 235 g/mol. The summed E-state index contributed by atoms with van der Waals surface area (Å²) in [4.78, 5) is 23.2. The molecule has 2 unspecified atom stereocenters. The molecule has 0 spiro atoms. The Hall–Kier alpha value is -1.58. The van der Waals surface area contributed by atoms with Crippen LogP contribution in [0.15, 0.2) is 23.8 Å². The maximum atomic E-state index is 11.8. The summed E-state index contributed by atoms with van der Waals surface area (Å²) in [5, 5.41) is 2.85. The average Bonchev–Trinajstić information content (AvgIpc) is 2.73. The van der Waals surface area contributed by atoms with Crippen LogP contribution in [0.1, 0.15) is 26.2 Å². The van der Waals surface area contributed by atoms with Gasteiger partial charge in [-0.25, -0.2) is 0 Å². The summed E-state index contributed by atoms with van der Waals surface area (Å²) in [6.07, 6.45) is 8.37. The van der Waals surface area contributed by atoms with Crippen molar-refractivity contribution in [2.45, 2.75) is 32.2 Å². The number of hydrogen-bond donors (Lipinski definition) is 1. The molecule has 92 valence electrons. The number of rotatable bonds is 3. The van der Waals surface area contributed by atoms with Crippen LogP contribution in [0.5, 0.6) is 0 Å². The smallest absolute Gasteiger partial charge is 0.311 e. The van der Waals surface area contributed by atoms with Crippen molar-refractivity contribution in [2.75, 3.05) is 6.61 Å². The van der Waals surface area contributed by atoms with Crippen LogP contribution in [0.4, 0.5) is 0 Å². The Kier molecular flexibility index (Phi) is 3.61. The summed E-state index contributed by atoms with van der Waals surface area (Å²) in [6, 6.07) is -0.210. The summed E-state index contributed by atoms with van der Waals surface area (Å²) >= 11 is 0. The molecule has 4 heteroatoms. The third-order valence-corrected chi connectivity index (χ3v) is 3.10. The maximum absolute atomic E-state index is 11.8. The second-order valence-electron chi connectivity index (χ2n) is 4.29. The van der Waals surface area contributed by atoms with Crippen molar-refractivity contribution in [1.29, 1.82) is 0 Å². The normalized spacial score (nSPS) is 27.6. The van der Waals surface area contributed by atoms with E-state index in [9.17, 15) is 9.59 Å². The van der Waals surface area contributed by atoms with Gasteiger partial charge in [-0.1, -0.05) is 18.2 Å². The van der Waals surface area contributed by atoms with Crippen molar-refractivity contribution >= 4 is 11.9 Å². The van der Waals surface area contributed by atoms with Gasteiger partial charge in [-0.05, 0) is 25.3 Å². The quantitative estimate of drug-likeness (QED) is 0.751. The molecule has 0 aromatic carbocycles. The highest BCUT2D eigenvalue weighted by atomic mass is 16.5. The first-order valence-corrected chi connectivity index (χ1v) is 6.05. The highest BCUT2D eigenvalue weighted by Gasteiger charge is 2.39. The Bertz CT molecular complexity index is 384. The molecule has 0 aromatic heterocycles. The van der Waals surface area contributed by atoms with E-state index in [2.05, 4.69) is 17.5 Å². The number of carbonyl (C=O) groups is 2. The molecule has 1 heterocycles. The second-order valence-corrected chi connectivity index (χ2v) is 4.29. The van der Waals surface area contributed by atoms with Crippen LogP contribution in [0.25, 0.3) is 0 Å². The van der Waals surface area contributed by atoms with Gasteiger partial charge in [-0.3, -0.25) is 9.59 Å². The zero-order valence-corrected chi connectivity index (χ0v) is 9.94. The van der Waals surface area contributed by atoms with Gasteiger partial charge in [0.15, 0.2) is 0 Å². The molecule has 1 amide bonds. The number of amides is 1. The fraction of sp³-hybridized carbons (Fsp3) is 0.538. The van der Waals surface area contributed by atoms with E-state index in [1.54, 1.807) is 6.92 Å². The molecule has 1 aliphatic heterocycles. The van der Waals surface area contributed by atoms with Gasteiger partial charge < -0.3 is 10.1 Å². The van der Waals surface area contributed by atoms with Crippen molar-refractivity contribution in [2.24, 2.45) is 5.92 Å². The van der Waals surface area contributed by atoms with Crippen LogP contribution in [-0.2, 0) is 14.3 Å². The molecule has 1 N–H and O–H groups in total. The van der Waals surface area contributed by atoms with E-state index < -0.39 is 0 Å². The molecule has 0 aromatic rings. The molecule has 2 atom stereocenters. The van der Waals surface area contributed by atoms with E-state index in [0.29, 0.717) is 6.61 Å². The van der Waals surface area contributed by atoms with E-state index in [4.69, 9.17) is 4.74 Å². The minimum atomic E-state index is -0.378. The summed E-state index contributed by atoms with van der Waals surface area (Å²) in [6.45, 7) is 2.13.